The fraction of sp³-hybridized carbons (Fsp3) is 0.562. The summed E-state index contributed by atoms with van der Waals surface area (Å²) in [6.45, 7) is 4.61. The zero-order valence-corrected chi connectivity index (χ0v) is 13.0. The van der Waals surface area contributed by atoms with Crippen LogP contribution >= 0.6 is 11.6 Å². The van der Waals surface area contributed by atoms with E-state index in [9.17, 15) is 4.79 Å². The molecule has 1 aliphatic rings. The number of hydrogen-bond acceptors (Lipinski definition) is 3. The summed E-state index contributed by atoms with van der Waals surface area (Å²) in [7, 11) is 2.02. The lowest BCUT2D eigenvalue weighted by molar-refractivity contribution is -0.118. The molecule has 1 N–H and O–H groups in total. The van der Waals surface area contributed by atoms with Gasteiger partial charge in [0.25, 0.3) is 0 Å². The Bertz CT molecular complexity index is 438. The number of carbonyl (C=O) groups is 1. The molecule has 3 nitrogen and oxygen atoms in total. The number of piperidine rings is 1. The second-order valence-corrected chi connectivity index (χ2v) is 6.01. The fourth-order valence-corrected chi connectivity index (χ4v) is 2.95. The smallest absolute Gasteiger partial charge is 0.138 e. The average molecular weight is 295 g/mol. The maximum absolute atomic E-state index is 12.0. The molecule has 0 aliphatic carbocycles. The van der Waals surface area contributed by atoms with Crippen LogP contribution in [0.5, 0.6) is 0 Å². The number of benzene rings is 1. The number of carbonyl (C=O) groups excluding carboxylic acids is 1. The van der Waals surface area contributed by atoms with Crippen molar-refractivity contribution in [1.82, 2.24) is 10.2 Å². The Morgan fingerprint density at radius 2 is 1.95 bits per heavy atom. The van der Waals surface area contributed by atoms with E-state index in [2.05, 4.69) is 10.2 Å². The minimum atomic E-state index is -0.0431. The lowest BCUT2D eigenvalue weighted by Gasteiger charge is -2.33. The summed E-state index contributed by atoms with van der Waals surface area (Å²) in [6.07, 6.45) is 2.31. The van der Waals surface area contributed by atoms with Crippen LogP contribution in [0.4, 0.5) is 0 Å². The number of nitrogens with zero attached hydrogens (tertiary/aromatic N) is 1. The minimum absolute atomic E-state index is 0.0431. The quantitative estimate of drug-likeness (QED) is 0.906. The second-order valence-electron chi connectivity index (χ2n) is 5.58. The molecule has 1 heterocycles. The number of rotatable bonds is 5. The predicted octanol–water partition coefficient (Wildman–Crippen LogP) is 2.70. The molecule has 0 aromatic heterocycles. The van der Waals surface area contributed by atoms with E-state index in [1.807, 2.05) is 31.3 Å². The molecule has 0 spiro atoms. The van der Waals surface area contributed by atoms with Crippen molar-refractivity contribution in [3.63, 3.8) is 0 Å². The molecular formula is C16H23ClN2O. The molecule has 0 saturated carbocycles. The van der Waals surface area contributed by atoms with Gasteiger partial charge in [0.05, 0.1) is 5.92 Å². The van der Waals surface area contributed by atoms with E-state index in [1.54, 1.807) is 6.92 Å². The zero-order chi connectivity index (χ0) is 14.5. The van der Waals surface area contributed by atoms with E-state index in [-0.39, 0.29) is 11.7 Å². The van der Waals surface area contributed by atoms with Gasteiger partial charge in [-0.15, -0.1) is 0 Å². The second kappa shape index (κ2) is 7.21. The van der Waals surface area contributed by atoms with E-state index in [0.29, 0.717) is 11.1 Å². The maximum atomic E-state index is 12.0. The lowest BCUT2D eigenvalue weighted by Crippen LogP contribution is -2.43. The van der Waals surface area contributed by atoms with Crippen LogP contribution < -0.4 is 5.32 Å². The molecule has 1 aromatic carbocycles. The van der Waals surface area contributed by atoms with Gasteiger partial charge in [0, 0.05) is 17.6 Å². The van der Waals surface area contributed by atoms with Gasteiger partial charge in [0.15, 0.2) is 0 Å². The molecule has 4 heteroatoms. The first-order valence-electron chi connectivity index (χ1n) is 7.25. The van der Waals surface area contributed by atoms with Gasteiger partial charge in [-0.1, -0.05) is 23.7 Å². The lowest BCUT2D eigenvalue weighted by atomic mass is 9.93. The Labute approximate surface area is 126 Å². The van der Waals surface area contributed by atoms with E-state index in [1.165, 1.54) is 0 Å². The molecule has 1 atom stereocenters. The van der Waals surface area contributed by atoms with Gasteiger partial charge >= 0.3 is 0 Å². The first kappa shape index (κ1) is 15.5. The Hall–Kier alpha value is -0.900. The Balaban J connectivity index is 2.00. The van der Waals surface area contributed by atoms with Gasteiger partial charge in [-0.25, -0.2) is 0 Å². The van der Waals surface area contributed by atoms with Crippen LogP contribution in [0.25, 0.3) is 0 Å². The van der Waals surface area contributed by atoms with Crippen LogP contribution in [0.1, 0.15) is 31.2 Å². The highest BCUT2D eigenvalue weighted by atomic mass is 35.5. The normalized spacial score (nSPS) is 18.9. The molecule has 1 saturated heterocycles. The first-order valence-corrected chi connectivity index (χ1v) is 7.63. The van der Waals surface area contributed by atoms with Gasteiger partial charge < -0.3 is 10.2 Å². The number of nitrogens with one attached hydrogen (secondary N) is 1. The van der Waals surface area contributed by atoms with Crippen molar-refractivity contribution in [3.05, 3.63) is 34.9 Å². The number of hydrogen-bond donors (Lipinski definition) is 1. The third kappa shape index (κ3) is 4.05. The van der Waals surface area contributed by atoms with Crippen LogP contribution in [0, 0.1) is 0 Å². The van der Waals surface area contributed by atoms with E-state index < -0.39 is 0 Å². The van der Waals surface area contributed by atoms with Crippen LogP contribution in [-0.4, -0.2) is 43.4 Å². The highest BCUT2D eigenvalue weighted by Gasteiger charge is 2.24. The van der Waals surface area contributed by atoms with Gasteiger partial charge in [0.1, 0.15) is 5.78 Å². The Morgan fingerprint density at radius 1 is 1.35 bits per heavy atom. The van der Waals surface area contributed by atoms with Crippen molar-refractivity contribution in [3.8, 4) is 0 Å². The summed E-state index contributed by atoms with van der Waals surface area (Å²) >= 11 is 5.92. The van der Waals surface area contributed by atoms with Crippen LogP contribution in [0.2, 0.25) is 5.02 Å². The van der Waals surface area contributed by atoms with Crippen molar-refractivity contribution in [2.24, 2.45) is 0 Å². The van der Waals surface area contributed by atoms with Gasteiger partial charge in [-0.05, 0) is 57.6 Å². The molecular weight excluding hydrogens is 272 g/mol. The summed E-state index contributed by atoms with van der Waals surface area (Å²) in [5.41, 5.74) is 1.07. The summed E-state index contributed by atoms with van der Waals surface area (Å²) in [5, 5.41) is 4.04. The van der Waals surface area contributed by atoms with Crippen molar-refractivity contribution in [2.45, 2.75) is 31.7 Å². The van der Waals surface area contributed by atoms with Gasteiger partial charge in [0.2, 0.25) is 0 Å². The molecule has 0 bridgehead atoms. The van der Waals surface area contributed by atoms with E-state index >= 15 is 0 Å². The standard InChI is InChI=1S/C16H23ClN2O/c1-12(20)16(13-3-5-14(17)6-4-13)11-19-9-7-15(18-2)8-10-19/h3-6,15-16,18H,7-11H2,1-2H3/t16-/m0/s1. The third-order valence-electron chi connectivity index (χ3n) is 4.20. The minimum Gasteiger partial charge on any atom is -0.317 e. The van der Waals surface area contributed by atoms with E-state index in [4.69, 9.17) is 11.6 Å². The van der Waals surface area contributed by atoms with E-state index in [0.717, 1.165) is 38.0 Å². The van der Waals surface area contributed by atoms with Crippen molar-refractivity contribution in [1.29, 1.82) is 0 Å². The molecule has 1 aliphatic heterocycles. The van der Waals surface area contributed by atoms with Crippen molar-refractivity contribution in [2.75, 3.05) is 26.7 Å². The first-order chi connectivity index (χ1) is 9.60. The largest absolute Gasteiger partial charge is 0.317 e. The highest BCUT2D eigenvalue weighted by Crippen LogP contribution is 2.22. The summed E-state index contributed by atoms with van der Waals surface area (Å²) in [5.74, 6) is 0.182. The van der Waals surface area contributed by atoms with Crippen LogP contribution in [0.3, 0.4) is 0 Å². The Kier molecular flexibility index (Phi) is 5.58. The highest BCUT2D eigenvalue weighted by molar-refractivity contribution is 6.30. The SMILES string of the molecule is CNC1CCN(C[C@@H](C(C)=O)c2ccc(Cl)cc2)CC1. The molecule has 0 amide bonds. The molecule has 20 heavy (non-hydrogen) atoms. The van der Waals surface area contributed by atoms with Gasteiger partial charge in [-0.2, -0.15) is 0 Å². The Morgan fingerprint density at radius 3 is 2.45 bits per heavy atom. The molecule has 0 radical (unpaired) electrons. The molecule has 1 aromatic rings. The number of likely N-dealkylation sites (tertiary alicyclic amines) is 1. The zero-order valence-electron chi connectivity index (χ0n) is 12.2. The summed E-state index contributed by atoms with van der Waals surface area (Å²) in [4.78, 5) is 14.3. The predicted molar refractivity (Wildman–Crippen MR) is 83.4 cm³/mol. The average Bonchev–Trinajstić information content (AvgIpc) is 2.46. The third-order valence-corrected chi connectivity index (χ3v) is 4.45. The van der Waals surface area contributed by atoms with Crippen LogP contribution in [-0.2, 0) is 4.79 Å². The number of Topliss-reactive ketones (excluding diaryl/α,β-unsaturated/α-hetero) is 1. The molecule has 0 unspecified atom stereocenters. The monoisotopic (exact) mass is 294 g/mol. The summed E-state index contributed by atoms with van der Waals surface area (Å²) < 4.78 is 0. The molecule has 110 valence electrons. The number of ketones is 1. The van der Waals surface area contributed by atoms with Crippen molar-refractivity contribution >= 4 is 17.4 Å². The number of halogens is 1. The molecule has 2 rings (SSSR count). The summed E-state index contributed by atoms with van der Waals surface area (Å²) in [6, 6.07) is 8.28. The van der Waals surface area contributed by atoms with Gasteiger partial charge in [-0.3, -0.25) is 4.79 Å². The fourth-order valence-electron chi connectivity index (χ4n) is 2.83. The van der Waals surface area contributed by atoms with Crippen LogP contribution in [0.15, 0.2) is 24.3 Å². The van der Waals surface area contributed by atoms with Crippen molar-refractivity contribution < 1.29 is 4.79 Å². The molecule has 1 fully saturated rings. The topological polar surface area (TPSA) is 32.3 Å². The maximum Gasteiger partial charge on any atom is 0.138 e.